The van der Waals surface area contributed by atoms with Crippen molar-refractivity contribution < 1.29 is 17.9 Å². The maximum atomic E-state index is 12.7. The van der Waals surface area contributed by atoms with E-state index >= 15 is 0 Å². The fourth-order valence-corrected chi connectivity index (χ4v) is 1.20. The molecule has 0 atom stereocenters. The van der Waals surface area contributed by atoms with Crippen LogP contribution in [-0.4, -0.2) is 12.8 Å². The maximum absolute atomic E-state index is 12.7. The van der Waals surface area contributed by atoms with Crippen LogP contribution in [0.5, 0.6) is 0 Å². The van der Waals surface area contributed by atoms with Gasteiger partial charge in [-0.25, -0.2) is 0 Å². The predicted molar refractivity (Wildman–Crippen MR) is 56.8 cm³/mol. The van der Waals surface area contributed by atoms with Gasteiger partial charge in [-0.1, -0.05) is 29.8 Å². The Morgan fingerprint density at radius 1 is 1.25 bits per heavy atom. The third kappa shape index (κ3) is 3.29. The lowest BCUT2D eigenvalue weighted by Crippen LogP contribution is -2.11. The normalized spacial score (nSPS) is 12.7. The van der Waals surface area contributed by atoms with Crippen molar-refractivity contribution in [3.05, 3.63) is 41.7 Å². The Hall–Kier alpha value is -1.45. The van der Waals surface area contributed by atoms with E-state index in [1.165, 1.54) is 12.1 Å². The topological polar surface area (TPSA) is 9.23 Å². The molecule has 0 fully saturated rings. The van der Waals surface area contributed by atoms with Crippen LogP contribution in [0.1, 0.15) is 18.1 Å². The molecule has 0 heterocycles. The SMILES string of the molecule is CCOC=C(c1ccc(C)cc1)C(F)(F)F. The van der Waals surface area contributed by atoms with Gasteiger partial charge in [0.05, 0.1) is 18.4 Å². The van der Waals surface area contributed by atoms with Gasteiger partial charge in [0.15, 0.2) is 0 Å². The van der Waals surface area contributed by atoms with Crippen molar-refractivity contribution in [1.82, 2.24) is 0 Å². The molecule has 0 amide bonds. The molecule has 0 aromatic heterocycles. The Labute approximate surface area is 92.5 Å². The van der Waals surface area contributed by atoms with Crippen LogP contribution in [0.2, 0.25) is 0 Å². The van der Waals surface area contributed by atoms with E-state index < -0.39 is 11.7 Å². The third-order valence-electron chi connectivity index (χ3n) is 2.04. The zero-order valence-corrected chi connectivity index (χ0v) is 9.14. The summed E-state index contributed by atoms with van der Waals surface area (Å²) in [5, 5.41) is 0. The van der Waals surface area contributed by atoms with E-state index in [2.05, 4.69) is 0 Å². The van der Waals surface area contributed by atoms with Gasteiger partial charge in [-0.3, -0.25) is 0 Å². The molecule has 16 heavy (non-hydrogen) atoms. The summed E-state index contributed by atoms with van der Waals surface area (Å²) in [6.45, 7) is 3.67. The number of halogens is 3. The van der Waals surface area contributed by atoms with Crippen LogP contribution in [0, 0.1) is 6.92 Å². The lowest BCUT2D eigenvalue weighted by molar-refractivity contribution is -0.0703. The lowest BCUT2D eigenvalue weighted by atomic mass is 10.1. The molecule has 0 saturated heterocycles. The Kier molecular flexibility index (Phi) is 3.99. The molecule has 1 aromatic carbocycles. The molecule has 0 aliphatic heterocycles. The third-order valence-corrected chi connectivity index (χ3v) is 2.04. The van der Waals surface area contributed by atoms with E-state index in [9.17, 15) is 13.2 Å². The second-order valence-corrected chi connectivity index (χ2v) is 3.35. The Morgan fingerprint density at radius 2 is 1.81 bits per heavy atom. The number of benzene rings is 1. The smallest absolute Gasteiger partial charge is 0.419 e. The molecule has 1 aromatic rings. The van der Waals surface area contributed by atoms with Crippen molar-refractivity contribution in [1.29, 1.82) is 0 Å². The van der Waals surface area contributed by atoms with Crippen LogP contribution in [0.3, 0.4) is 0 Å². The Morgan fingerprint density at radius 3 is 2.25 bits per heavy atom. The second kappa shape index (κ2) is 5.05. The van der Waals surface area contributed by atoms with Gasteiger partial charge < -0.3 is 4.74 Å². The van der Waals surface area contributed by atoms with Crippen LogP contribution < -0.4 is 0 Å². The maximum Gasteiger partial charge on any atom is 0.419 e. The number of hydrogen-bond donors (Lipinski definition) is 0. The second-order valence-electron chi connectivity index (χ2n) is 3.35. The summed E-state index contributed by atoms with van der Waals surface area (Å²) in [7, 11) is 0. The summed E-state index contributed by atoms with van der Waals surface area (Å²) in [6, 6.07) is 6.16. The van der Waals surface area contributed by atoms with Crippen LogP contribution >= 0.6 is 0 Å². The van der Waals surface area contributed by atoms with Gasteiger partial charge in [-0.15, -0.1) is 0 Å². The average Bonchev–Trinajstić information content (AvgIpc) is 2.19. The van der Waals surface area contributed by atoms with Crippen molar-refractivity contribution in [3.63, 3.8) is 0 Å². The molecule has 0 aliphatic rings. The van der Waals surface area contributed by atoms with Gasteiger partial charge in [0.1, 0.15) is 0 Å². The largest absolute Gasteiger partial charge is 0.501 e. The van der Waals surface area contributed by atoms with Crippen LogP contribution in [0.25, 0.3) is 5.57 Å². The van der Waals surface area contributed by atoms with Gasteiger partial charge in [0.25, 0.3) is 0 Å². The highest BCUT2D eigenvalue weighted by atomic mass is 19.4. The number of rotatable bonds is 3. The predicted octanol–water partition coefficient (Wildman–Crippen LogP) is 3.93. The zero-order valence-electron chi connectivity index (χ0n) is 9.14. The van der Waals surface area contributed by atoms with E-state index in [1.54, 1.807) is 19.1 Å². The fraction of sp³-hybridized carbons (Fsp3) is 0.333. The molecule has 1 nitrogen and oxygen atoms in total. The van der Waals surface area contributed by atoms with E-state index in [0.29, 0.717) is 0 Å². The molecular weight excluding hydrogens is 217 g/mol. The molecule has 0 N–H and O–H groups in total. The van der Waals surface area contributed by atoms with Crippen LogP contribution in [0.4, 0.5) is 13.2 Å². The van der Waals surface area contributed by atoms with Crippen molar-refractivity contribution in [3.8, 4) is 0 Å². The molecule has 0 unspecified atom stereocenters. The van der Waals surface area contributed by atoms with E-state index in [0.717, 1.165) is 11.8 Å². The van der Waals surface area contributed by atoms with E-state index in [1.807, 2.05) is 6.92 Å². The van der Waals surface area contributed by atoms with Gasteiger partial charge in [0.2, 0.25) is 0 Å². The monoisotopic (exact) mass is 230 g/mol. The van der Waals surface area contributed by atoms with Crippen LogP contribution in [0.15, 0.2) is 30.5 Å². The van der Waals surface area contributed by atoms with Crippen molar-refractivity contribution >= 4 is 5.57 Å². The quantitative estimate of drug-likeness (QED) is 0.715. The summed E-state index contributed by atoms with van der Waals surface area (Å²) in [4.78, 5) is 0. The molecule has 0 bridgehead atoms. The number of aryl methyl sites for hydroxylation is 1. The van der Waals surface area contributed by atoms with E-state index in [4.69, 9.17) is 4.74 Å². The molecule has 4 heteroatoms. The number of hydrogen-bond acceptors (Lipinski definition) is 1. The van der Waals surface area contributed by atoms with Gasteiger partial charge in [-0.2, -0.15) is 13.2 Å². The Balaban J connectivity index is 3.07. The first-order valence-electron chi connectivity index (χ1n) is 4.91. The number of allylic oxidation sites excluding steroid dienone is 1. The molecular formula is C12H13F3O. The standard InChI is InChI=1S/C12H13F3O/c1-3-16-8-11(12(13,14)15)10-6-4-9(2)5-7-10/h4-8H,3H2,1-2H3. The highest BCUT2D eigenvalue weighted by molar-refractivity contribution is 5.68. The minimum absolute atomic E-state index is 0.117. The first-order valence-corrected chi connectivity index (χ1v) is 4.91. The Bertz CT molecular complexity index is 363. The summed E-state index contributed by atoms with van der Waals surface area (Å²) in [5.41, 5.74) is 0.280. The summed E-state index contributed by atoms with van der Waals surface area (Å²) >= 11 is 0. The lowest BCUT2D eigenvalue weighted by Gasteiger charge is -2.12. The summed E-state index contributed by atoms with van der Waals surface area (Å²) in [6.07, 6.45) is -3.63. The van der Waals surface area contributed by atoms with E-state index in [-0.39, 0.29) is 12.2 Å². The number of alkyl halides is 3. The first-order chi connectivity index (χ1) is 7.45. The van der Waals surface area contributed by atoms with Gasteiger partial charge >= 0.3 is 6.18 Å². The van der Waals surface area contributed by atoms with Crippen molar-refractivity contribution in [2.24, 2.45) is 0 Å². The minimum Gasteiger partial charge on any atom is -0.501 e. The summed E-state index contributed by atoms with van der Waals surface area (Å²) in [5.74, 6) is 0. The van der Waals surface area contributed by atoms with Gasteiger partial charge in [-0.05, 0) is 19.4 Å². The average molecular weight is 230 g/mol. The number of ether oxygens (including phenoxy) is 1. The molecule has 0 spiro atoms. The summed E-state index contributed by atoms with van der Waals surface area (Å²) < 4.78 is 42.8. The van der Waals surface area contributed by atoms with Gasteiger partial charge in [0, 0.05) is 0 Å². The van der Waals surface area contributed by atoms with Crippen LogP contribution in [-0.2, 0) is 4.74 Å². The molecule has 1 rings (SSSR count). The minimum atomic E-state index is -4.40. The highest BCUT2D eigenvalue weighted by Gasteiger charge is 2.35. The van der Waals surface area contributed by atoms with Crippen molar-refractivity contribution in [2.45, 2.75) is 20.0 Å². The molecule has 0 radical (unpaired) electrons. The molecule has 88 valence electrons. The first kappa shape index (κ1) is 12.6. The fourth-order valence-electron chi connectivity index (χ4n) is 1.20. The molecule has 0 saturated carbocycles. The molecule has 0 aliphatic carbocycles. The zero-order chi connectivity index (χ0) is 12.2. The van der Waals surface area contributed by atoms with Crippen molar-refractivity contribution in [2.75, 3.05) is 6.61 Å². The highest BCUT2D eigenvalue weighted by Crippen LogP contribution is 2.33.